The number of carboxylic acid groups (broad SMARTS) is 1. The fraction of sp³-hybridized carbons (Fsp3) is 0.417. The highest BCUT2D eigenvalue weighted by Crippen LogP contribution is 2.35. The van der Waals surface area contributed by atoms with E-state index in [2.05, 4.69) is 5.32 Å². The van der Waals surface area contributed by atoms with Crippen LogP contribution in [0.2, 0.25) is 0 Å². The van der Waals surface area contributed by atoms with Gasteiger partial charge in [-0.1, -0.05) is 60.7 Å². The zero-order valence-electron chi connectivity index (χ0n) is 17.6. The van der Waals surface area contributed by atoms with E-state index in [1.807, 2.05) is 60.7 Å². The van der Waals surface area contributed by atoms with Gasteiger partial charge in [0, 0.05) is 13.0 Å². The lowest BCUT2D eigenvalue weighted by atomic mass is 9.97. The zero-order valence-corrected chi connectivity index (χ0v) is 17.6. The Balaban J connectivity index is 1.58. The molecule has 0 spiro atoms. The summed E-state index contributed by atoms with van der Waals surface area (Å²) in [6.07, 6.45) is 0.766. The molecule has 0 aromatic heterocycles. The standard InChI is InChI=1S/C24H30N2O4/c1-24(2)26(23(28)29)20(17-19-11-7-4-8-12-19)21(30-24)13-14-22(27)25-16-15-18-9-5-3-6-10-18/h3-12,20-21H,13-17H2,1-2H3,(H,25,27)(H,28,29)/t20-,21-/m0/s1. The van der Waals surface area contributed by atoms with Crippen LogP contribution in [0, 0.1) is 0 Å². The minimum Gasteiger partial charge on any atom is -0.465 e. The highest BCUT2D eigenvalue weighted by Gasteiger charge is 2.49. The third-order valence-electron chi connectivity index (χ3n) is 5.51. The van der Waals surface area contributed by atoms with Gasteiger partial charge < -0.3 is 15.2 Å². The Labute approximate surface area is 177 Å². The fourth-order valence-electron chi connectivity index (χ4n) is 4.13. The Morgan fingerprint density at radius 3 is 2.23 bits per heavy atom. The Morgan fingerprint density at radius 1 is 1.03 bits per heavy atom. The number of carbonyl (C=O) groups is 2. The molecule has 2 aromatic carbocycles. The molecule has 6 heteroatoms. The molecule has 0 saturated carbocycles. The van der Waals surface area contributed by atoms with Crippen molar-refractivity contribution in [2.24, 2.45) is 0 Å². The van der Waals surface area contributed by atoms with Gasteiger partial charge in [0.05, 0.1) is 12.1 Å². The van der Waals surface area contributed by atoms with Gasteiger partial charge in [-0.05, 0) is 44.2 Å². The molecule has 30 heavy (non-hydrogen) atoms. The fourth-order valence-corrected chi connectivity index (χ4v) is 4.13. The maximum Gasteiger partial charge on any atom is 0.409 e. The molecule has 2 amide bonds. The smallest absolute Gasteiger partial charge is 0.409 e. The van der Waals surface area contributed by atoms with Crippen LogP contribution in [0.1, 0.15) is 37.8 Å². The summed E-state index contributed by atoms with van der Waals surface area (Å²) < 4.78 is 6.10. The number of nitrogens with one attached hydrogen (secondary N) is 1. The normalized spacial score (nSPS) is 20.1. The van der Waals surface area contributed by atoms with Crippen molar-refractivity contribution in [3.63, 3.8) is 0 Å². The summed E-state index contributed by atoms with van der Waals surface area (Å²) in [5.74, 6) is -0.0421. The molecule has 1 heterocycles. The lowest BCUT2D eigenvalue weighted by Crippen LogP contribution is -2.48. The van der Waals surface area contributed by atoms with Gasteiger partial charge in [0.1, 0.15) is 5.72 Å². The first-order valence-electron chi connectivity index (χ1n) is 10.4. The molecule has 1 aliphatic rings. The van der Waals surface area contributed by atoms with E-state index in [-0.39, 0.29) is 18.1 Å². The average Bonchev–Trinajstić information content (AvgIpc) is 2.97. The molecule has 2 atom stereocenters. The number of ether oxygens (including phenoxy) is 1. The van der Waals surface area contributed by atoms with E-state index >= 15 is 0 Å². The Kier molecular flexibility index (Phi) is 7.11. The highest BCUT2D eigenvalue weighted by molar-refractivity contribution is 5.76. The molecule has 160 valence electrons. The van der Waals surface area contributed by atoms with Crippen LogP contribution in [-0.4, -0.2) is 46.4 Å². The van der Waals surface area contributed by atoms with E-state index in [0.717, 1.165) is 12.0 Å². The molecule has 3 rings (SSSR count). The molecule has 2 aromatic rings. The first kappa shape index (κ1) is 21.8. The number of hydrogen-bond donors (Lipinski definition) is 2. The van der Waals surface area contributed by atoms with Crippen molar-refractivity contribution in [2.45, 2.75) is 57.4 Å². The summed E-state index contributed by atoms with van der Waals surface area (Å²) in [6, 6.07) is 19.5. The molecule has 2 N–H and O–H groups in total. The van der Waals surface area contributed by atoms with E-state index in [1.165, 1.54) is 10.5 Å². The van der Waals surface area contributed by atoms with Crippen LogP contribution in [0.15, 0.2) is 60.7 Å². The summed E-state index contributed by atoms with van der Waals surface area (Å²) in [5.41, 5.74) is 1.30. The van der Waals surface area contributed by atoms with Gasteiger partial charge in [-0.25, -0.2) is 4.79 Å². The second-order valence-electron chi connectivity index (χ2n) is 8.14. The van der Waals surface area contributed by atoms with Crippen LogP contribution in [0.3, 0.4) is 0 Å². The van der Waals surface area contributed by atoms with Crippen molar-refractivity contribution in [1.29, 1.82) is 0 Å². The van der Waals surface area contributed by atoms with Crippen molar-refractivity contribution in [3.05, 3.63) is 71.8 Å². The van der Waals surface area contributed by atoms with E-state index in [4.69, 9.17) is 4.74 Å². The second-order valence-corrected chi connectivity index (χ2v) is 8.14. The molecule has 0 radical (unpaired) electrons. The van der Waals surface area contributed by atoms with Gasteiger partial charge in [-0.2, -0.15) is 0 Å². The van der Waals surface area contributed by atoms with Gasteiger partial charge >= 0.3 is 6.09 Å². The van der Waals surface area contributed by atoms with Gasteiger partial charge in [0.2, 0.25) is 5.91 Å². The lowest BCUT2D eigenvalue weighted by Gasteiger charge is -2.31. The minimum absolute atomic E-state index is 0.0421. The summed E-state index contributed by atoms with van der Waals surface area (Å²) in [6.45, 7) is 4.10. The van der Waals surface area contributed by atoms with Crippen molar-refractivity contribution in [3.8, 4) is 0 Å². The number of nitrogens with zero attached hydrogens (tertiary/aromatic N) is 1. The molecular formula is C24H30N2O4. The Bertz CT molecular complexity index is 839. The average molecular weight is 411 g/mol. The third kappa shape index (κ3) is 5.60. The molecule has 1 aliphatic heterocycles. The summed E-state index contributed by atoms with van der Waals surface area (Å²) >= 11 is 0. The Hall–Kier alpha value is -2.86. The quantitative estimate of drug-likeness (QED) is 0.693. The maximum absolute atomic E-state index is 12.3. The molecule has 0 aliphatic carbocycles. The van der Waals surface area contributed by atoms with Crippen molar-refractivity contribution >= 4 is 12.0 Å². The predicted octanol–water partition coefficient (Wildman–Crippen LogP) is 3.85. The van der Waals surface area contributed by atoms with Crippen LogP contribution in [0.25, 0.3) is 0 Å². The molecule has 1 saturated heterocycles. The summed E-state index contributed by atoms with van der Waals surface area (Å²) in [5, 5.41) is 12.7. The highest BCUT2D eigenvalue weighted by atomic mass is 16.6. The monoisotopic (exact) mass is 410 g/mol. The molecular weight excluding hydrogens is 380 g/mol. The third-order valence-corrected chi connectivity index (χ3v) is 5.51. The SMILES string of the molecule is CC1(C)O[C@@H](CCC(=O)NCCc2ccccc2)[C@H](Cc2ccccc2)N1C(=O)O. The van der Waals surface area contributed by atoms with Crippen LogP contribution >= 0.6 is 0 Å². The van der Waals surface area contributed by atoms with E-state index in [0.29, 0.717) is 25.8 Å². The number of amides is 2. The van der Waals surface area contributed by atoms with Gasteiger partial charge in [-0.3, -0.25) is 9.69 Å². The summed E-state index contributed by atoms with van der Waals surface area (Å²) in [4.78, 5) is 25.7. The van der Waals surface area contributed by atoms with E-state index < -0.39 is 11.8 Å². The van der Waals surface area contributed by atoms with Gasteiger partial charge in [0.25, 0.3) is 0 Å². The number of benzene rings is 2. The van der Waals surface area contributed by atoms with E-state index in [1.54, 1.807) is 13.8 Å². The van der Waals surface area contributed by atoms with E-state index in [9.17, 15) is 14.7 Å². The van der Waals surface area contributed by atoms with Crippen LogP contribution in [0.4, 0.5) is 4.79 Å². The first-order chi connectivity index (χ1) is 14.4. The minimum atomic E-state index is -1.00. The second kappa shape index (κ2) is 9.76. The van der Waals surface area contributed by atoms with Crippen LogP contribution in [-0.2, 0) is 22.4 Å². The van der Waals surface area contributed by atoms with Crippen molar-refractivity contribution in [2.75, 3.05) is 6.54 Å². The number of hydrogen-bond acceptors (Lipinski definition) is 3. The molecule has 1 fully saturated rings. The predicted molar refractivity (Wildman–Crippen MR) is 115 cm³/mol. The van der Waals surface area contributed by atoms with Crippen LogP contribution in [0.5, 0.6) is 0 Å². The summed E-state index contributed by atoms with van der Waals surface area (Å²) in [7, 11) is 0. The van der Waals surface area contributed by atoms with Crippen molar-refractivity contribution < 1.29 is 19.4 Å². The molecule has 6 nitrogen and oxygen atoms in total. The zero-order chi connectivity index (χ0) is 21.6. The lowest BCUT2D eigenvalue weighted by molar-refractivity contribution is -0.122. The number of rotatable bonds is 8. The van der Waals surface area contributed by atoms with Gasteiger partial charge in [0.15, 0.2) is 0 Å². The van der Waals surface area contributed by atoms with Crippen LogP contribution < -0.4 is 5.32 Å². The van der Waals surface area contributed by atoms with Crippen molar-refractivity contribution in [1.82, 2.24) is 10.2 Å². The number of carbonyl (C=O) groups excluding carboxylic acids is 1. The van der Waals surface area contributed by atoms with Gasteiger partial charge in [-0.15, -0.1) is 0 Å². The Morgan fingerprint density at radius 2 is 1.63 bits per heavy atom. The first-order valence-corrected chi connectivity index (χ1v) is 10.4. The largest absolute Gasteiger partial charge is 0.465 e. The molecule has 0 bridgehead atoms. The topological polar surface area (TPSA) is 78.9 Å². The molecule has 0 unspecified atom stereocenters. The maximum atomic E-state index is 12.3.